The van der Waals surface area contributed by atoms with Crippen LogP contribution in [0.15, 0.2) is 34.9 Å². The molecule has 2 rings (SSSR count). The standard InChI is InChI=1S/C11H10BrNOS/c12-10-4-2-1-3-9(10)11-13-7-8(15-11)5-6-14/h1-4,7,14H,5-6H2. The molecule has 0 aliphatic rings. The first-order chi connectivity index (χ1) is 7.31. The van der Waals surface area contributed by atoms with Gasteiger partial charge in [0.1, 0.15) is 5.01 Å². The Hall–Kier alpha value is -0.710. The fourth-order valence-corrected chi connectivity index (χ4v) is 2.84. The fraction of sp³-hybridized carbons (Fsp3) is 0.182. The van der Waals surface area contributed by atoms with E-state index < -0.39 is 0 Å². The third kappa shape index (κ3) is 2.45. The fourth-order valence-electron chi connectivity index (χ4n) is 1.29. The van der Waals surface area contributed by atoms with Gasteiger partial charge in [-0.3, -0.25) is 0 Å². The summed E-state index contributed by atoms with van der Waals surface area (Å²) < 4.78 is 1.05. The van der Waals surface area contributed by atoms with Crippen LogP contribution < -0.4 is 0 Å². The number of benzene rings is 1. The summed E-state index contributed by atoms with van der Waals surface area (Å²) in [6, 6.07) is 8.01. The highest BCUT2D eigenvalue weighted by Crippen LogP contribution is 2.31. The molecule has 1 aromatic carbocycles. The molecule has 2 nitrogen and oxygen atoms in total. The van der Waals surface area contributed by atoms with Crippen LogP contribution in [0.4, 0.5) is 0 Å². The summed E-state index contributed by atoms with van der Waals surface area (Å²) in [7, 11) is 0. The van der Waals surface area contributed by atoms with Crippen LogP contribution in [0, 0.1) is 0 Å². The van der Waals surface area contributed by atoms with Gasteiger partial charge in [-0.15, -0.1) is 11.3 Å². The summed E-state index contributed by atoms with van der Waals surface area (Å²) >= 11 is 5.12. The third-order valence-corrected chi connectivity index (χ3v) is 3.80. The predicted octanol–water partition coefficient (Wildman–Crippen LogP) is 3.11. The zero-order valence-corrected chi connectivity index (χ0v) is 10.4. The Morgan fingerprint density at radius 1 is 1.33 bits per heavy atom. The summed E-state index contributed by atoms with van der Waals surface area (Å²) in [6.07, 6.45) is 2.51. The number of aliphatic hydroxyl groups is 1. The van der Waals surface area contributed by atoms with Crippen LogP contribution in [0.2, 0.25) is 0 Å². The molecule has 0 aliphatic carbocycles. The summed E-state index contributed by atoms with van der Waals surface area (Å²) in [5.74, 6) is 0. The molecule has 78 valence electrons. The maximum atomic E-state index is 8.82. The van der Waals surface area contributed by atoms with Crippen LogP contribution in [0.1, 0.15) is 4.88 Å². The lowest BCUT2D eigenvalue weighted by Crippen LogP contribution is -1.84. The van der Waals surface area contributed by atoms with E-state index >= 15 is 0 Å². The number of aliphatic hydroxyl groups excluding tert-OH is 1. The maximum Gasteiger partial charge on any atom is 0.124 e. The highest BCUT2D eigenvalue weighted by Gasteiger charge is 2.06. The van der Waals surface area contributed by atoms with Crippen molar-refractivity contribution in [2.24, 2.45) is 0 Å². The van der Waals surface area contributed by atoms with E-state index in [2.05, 4.69) is 20.9 Å². The van der Waals surface area contributed by atoms with Crippen molar-refractivity contribution >= 4 is 27.3 Å². The van der Waals surface area contributed by atoms with Crippen molar-refractivity contribution in [2.75, 3.05) is 6.61 Å². The second kappa shape index (κ2) is 4.88. The molecule has 1 heterocycles. The van der Waals surface area contributed by atoms with Gasteiger partial charge >= 0.3 is 0 Å². The molecule has 0 atom stereocenters. The molecule has 1 N–H and O–H groups in total. The molecule has 0 saturated heterocycles. The predicted molar refractivity (Wildman–Crippen MR) is 66.0 cm³/mol. The van der Waals surface area contributed by atoms with Crippen molar-refractivity contribution < 1.29 is 5.11 Å². The lowest BCUT2D eigenvalue weighted by molar-refractivity contribution is 0.300. The van der Waals surface area contributed by atoms with Gasteiger partial charge in [0.2, 0.25) is 0 Å². The molecule has 0 radical (unpaired) electrons. The van der Waals surface area contributed by atoms with Crippen LogP contribution in [0.3, 0.4) is 0 Å². The minimum atomic E-state index is 0.178. The minimum Gasteiger partial charge on any atom is -0.396 e. The highest BCUT2D eigenvalue weighted by atomic mass is 79.9. The van der Waals surface area contributed by atoms with Crippen molar-refractivity contribution in [3.63, 3.8) is 0 Å². The molecule has 15 heavy (non-hydrogen) atoms. The number of thiazole rings is 1. The molecule has 4 heteroatoms. The van der Waals surface area contributed by atoms with Gasteiger partial charge in [-0.25, -0.2) is 4.98 Å². The summed E-state index contributed by atoms with van der Waals surface area (Å²) in [4.78, 5) is 5.46. The lowest BCUT2D eigenvalue weighted by Gasteiger charge is -1.98. The summed E-state index contributed by atoms with van der Waals surface area (Å²) in [6.45, 7) is 0.178. The zero-order chi connectivity index (χ0) is 10.7. The van der Waals surface area contributed by atoms with E-state index in [1.807, 2.05) is 30.5 Å². The zero-order valence-electron chi connectivity index (χ0n) is 7.98. The van der Waals surface area contributed by atoms with Gasteiger partial charge in [0, 0.05) is 34.1 Å². The van der Waals surface area contributed by atoms with E-state index in [0.29, 0.717) is 6.42 Å². The van der Waals surface area contributed by atoms with Gasteiger partial charge in [0.15, 0.2) is 0 Å². The van der Waals surface area contributed by atoms with Crippen LogP contribution in [0.5, 0.6) is 0 Å². The highest BCUT2D eigenvalue weighted by molar-refractivity contribution is 9.10. The molecule has 0 spiro atoms. The number of hydrogen-bond donors (Lipinski definition) is 1. The molecule has 1 aromatic heterocycles. The monoisotopic (exact) mass is 283 g/mol. The molecule has 0 bridgehead atoms. The minimum absolute atomic E-state index is 0.178. The molecule has 0 amide bonds. The Labute approximate surface area is 101 Å². The number of nitrogens with zero attached hydrogens (tertiary/aromatic N) is 1. The number of rotatable bonds is 3. The van der Waals surface area contributed by atoms with Crippen molar-refractivity contribution in [1.82, 2.24) is 4.98 Å². The second-order valence-electron chi connectivity index (χ2n) is 3.09. The smallest absolute Gasteiger partial charge is 0.124 e. The van der Waals surface area contributed by atoms with E-state index in [4.69, 9.17) is 5.11 Å². The van der Waals surface area contributed by atoms with E-state index in [9.17, 15) is 0 Å². The first-order valence-corrected chi connectivity index (χ1v) is 6.22. The Balaban J connectivity index is 2.33. The Bertz CT molecular complexity index is 455. The van der Waals surface area contributed by atoms with Crippen molar-refractivity contribution in [2.45, 2.75) is 6.42 Å². The second-order valence-corrected chi connectivity index (χ2v) is 5.05. The molecule has 0 saturated carbocycles. The first kappa shape index (κ1) is 10.8. The van der Waals surface area contributed by atoms with Gasteiger partial charge in [0.05, 0.1) is 0 Å². The van der Waals surface area contributed by atoms with Crippen molar-refractivity contribution in [3.8, 4) is 10.6 Å². The van der Waals surface area contributed by atoms with E-state index in [1.54, 1.807) is 11.3 Å². The normalized spacial score (nSPS) is 10.5. The summed E-state index contributed by atoms with van der Waals surface area (Å²) in [5, 5.41) is 9.82. The van der Waals surface area contributed by atoms with Crippen LogP contribution in [-0.4, -0.2) is 16.7 Å². The first-order valence-electron chi connectivity index (χ1n) is 4.61. The van der Waals surface area contributed by atoms with Crippen LogP contribution in [0.25, 0.3) is 10.6 Å². The number of aromatic nitrogens is 1. The molecular weight excluding hydrogens is 274 g/mol. The average molecular weight is 284 g/mol. The average Bonchev–Trinajstić information content (AvgIpc) is 2.68. The molecule has 0 aliphatic heterocycles. The SMILES string of the molecule is OCCc1cnc(-c2ccccc2Br)s1. The molecule has 2 aromatic rings. The maximum absolute atomic E-state index is 8.82. The van der Waals surface area contributed by atoms with Crippen molar-refractivity contribution in [3.05, 3.63) is 39.8 Å². The van der Waals surface area contributed by atoms with Crippen molar-refractivity contribution in [1.29, 1.82) is 0 Å². The van der Waals surface area contributed by atoms with Gasteiger partial charge in [-0.2, -0.15) is 0 Å². The van der Waals surface area contributed by atoms with Gasteiger partial charge in [-0.1, -0.05) is 34.1 Å². The summed E-state index contributed by atoms with van der Waals surface area (Å²) in [5.41, 5.74) is 1.10. The quantitative estimate of drug-likeness (QED) is 0.939. The van der Waals surface area contributed by atoms with E-state index in [-0.39, 0.29) is 6.61 Å². The van der Waals surface area contributed by atoms with Gasteiger partial charge in [-0.05, 0) is 6.07 Å². The number of hydrogen-bond acceptors (Lipinski definition) is 3. The lowest BCUT2D eigenvalue weighted by atomic mass is 10.2. The van der Waals surface area contributed by atoms with Crippen LogP contribution in [-0.2, 0) is 6.42 Å². The largest absolute Gasteiger partial charge is 0.396 e. The van der Waals surface area contributed by atoms with E-state index in [0.717, 1.165) is 19.9 Å². The Morgan fingerprint density at radius 2 is 2.13 bits per heavy atom. The number of halogens is 1. The van der Waals surface area contributed by atoms with Gasteiger partial charge in [0.25, 0.3) is 0 Å². The van der Waals surface area contributed by atoms with Crippen LogP contribution >= 0.6 is 27.3 Å². The molecule has 0 unspecified atom stereocenters. The molecular formula is C11H10BrNOS. The van der Waals surface area contributed by atoms with Gasteiger partial charge < -0.3 is 5.11 Å². The third-order valence-electron chi connectivity index (χ3n) is 2.02. The molecule has 0 fully saturated rings. The van der Waals surface area contributed by atoms with E-state index in [1.165, 1.54) is 0 Å². The Kier molecular flexibility index (Phi) is 3.51. The Morgan fingerprint density at radius 3 is 2.87 bits per heavy atom. The topological polar surface area (TPSA) is 33.1 Å².